The molecule has 1 unspecified atom stereocenters. The second-order valence-corrected chi connectivity index (χ2v) is 5.72. The van der Waals surface area contributed by atoms with Crippen molar-refractivity contribution < 1.29 is 14.3 Å². The van der Waals surface area contributed by atoms with E-state index in [-0.39, 0.29) is 18.4 Å². The van der Waals surface area contributed by atoms with Crippen molar-refractivity contribution in [1.82, 2.24) is 10.2 Å². The number of hydrogen-bond donors (Lipinski definition) is 1. The molecule has 1 saturated heterocycles. The minimum Gasteiger partial charge on any atom is -0.377 e. The Kier molecular flexibility index (Phi) is 4.98. The van der Waals surface area contributed by atoms with Gasteiger partial charge in [0.25, 0.3) is 5.91 Å². The van der Waals surface area contributed by atoms with Gasteiger partial charge in [-0.15, -0.1) is 0 Å². The molecule has 1 N–H and O–H groups in total. The van der Waals surface area contributed by atoms with E-state index in [4.69, 9.17) is 4.74 Å². The third-order valence-corrected chi connectivity index (χ3v) is 4.79. The molecule has 0 radical (unpaired) electrons. The molecule has 0 aromatic heterocycles. The summed E-state index contributed by atoms with van der Waals surface area (Å²) >= 11 is 2.17. The lowest BCUT2D eigenvalue weighted by Crippen LogP contribution is -2.55. The van der Waals surface area contributed by atoms with Gasteiger partial charge in [0.1, 0.15) is 6.04 Å². The summed E-state index contributed by atoms with van der Waals surface area (Å²) in [5, 5.41) is 2.58. The van der Waals surface area contributed by atoms with Gasteiger partial charge >= 0.3 is 0 Å². The van der Waals surface area contributed by atoms with Crippen molar-refractivity contribution in [1.29, 1.82) is 0 Å². The van der Waals surface area contributed by atoms with Gasteiger partial charge in [0, 0.05) is 17.2 Å². The predicted octanol–water partition coefficient (Wildman–Crippen LogP) is 1.19. The van der Waals surface area contributed by atoms with Gasteiger partial charge in [-0.05, 0) is 41.1 Å². The number of carbonyl (C=O) groups is 2. The van der Waals surface area contributed by atoms with Crippen molar-refractivity contribution in [3.63, 3.8) is 0 Å². The normalized spacial score (nSPS) is 18.8. The highest BCUT2D eigenvalue weighted by molar-refractivity contribution is 14.1. The number of morpholine rings is 1. The van der Waals surface area contributed by atoms with Crippen LogP contribution in [0.15, 0.2) is 18.2 Å². The largest absolute Gasteiger partial charge is 0.377 e. The predicted molar refractivity (Wildman–Crippen MR) is 83.6 cm³/mol. The smallest absolute Gasteiger partial charge is 0.255 e. The molecule has 5 nitrogen and oxygen atoms in total. The summed E-state index contributed by atoms with van der Waals surface area (Å²) in [7, 11) is 1.57. The van der Waals surface area contributed by atoms with Crippen molar-refractivity contribution in [3.05, 3.63) is 32.9 Å². The number of amides is 2. The van der Waals surface area contributed by atoms with E-state index in [1.807, 2.05) is 19.1 Å². The minimum absolute atomic E-state index is 0.116. The number of carbonyl (C=O) groups excluding carboxylic acids is 2. The fraction of sp³-hybridized carbons (Fsp3) is 0.429. The summed E-state index contributed by atoms with van der Waals surface area (Å²) in [5.41, 5.74) is 1.70. The van der Waals surface area contributed by atoms with Crippen molar-refractivity contribution in [3.8, 4) is 0 Å². The molecular weight excluding hydrogens is 371 g/mol. The van der Waals surface area contributed by atoms with Gasteiger partial charge < -0.3 is 15.0 Å². The fourth-order valence-electron chi connectivity index (χ4n) is 2.20. The van der Waals surface area contributed by atoms with E-state index >= 15 is 0 Å². The second kappa shape index (κ2) is 6.53. The molecular formula is C14H17IN2O3. The molecule has 2 rings (SSSR count). The van der Waals surface area contributed by atoms with Crippen LogP contribution >= 0.6 is 22.6 Å². The molecule has 0 saturated carbocycles. The van der Waals surface area contributed by atoms with E-state index in [9.17, 15) is 9.59 Å². The van der Waals surface area contributed by atoms with Crippen LogP contribution in [0.3, 0.4) is 0 Å². The minimum atomic E-state index is -0.558. The summed E-state index contributed by atoms with van der Waals surface area (Å²) in [5.74, 6) is -0.310. The highest BCUT2D eigenvalue weighted by atomic mass is 127. The maximum Gasteiger partial charge on any atom is 0.255 e. The van der Waals surface area contributed by atoms with Crippen LogP contribution in [0.2, 0.25) is 0 Å². The summed E-state index contributed by atoms with van der Waals surface area (Å²) in [4.78, 5) is 26.2. The van der Waals surface area contributed by atoms with E-state index in [0.717, 1.165) is 9.13 Å². The molecule has 1 heterocycles. The molecule has 1 aromatic rings. The van der Waals surface area contributed by atoms with Gasteiger partial charge in [0.2, 0.25) is 5.91 Å². The lowest BCUT2D eigenvalue weighted by atomic mass is 10.1. The Labute approximate surface area is 131 Å². The van der Waals surface area contributed by atoms with Crippen LogP contribution in [0.4, 0.5) is 0 Å². The molecule has 1 aliphatic heterocycles. The zero-order chi connectivity index (χ0) is 14.7. The molecule has 0 bridgehead atoms. The fourth-order valence-corrected chi connectivity index (χ4v) is 2.79. The zero-order valence-corrected chi connectivity index (χ0v) is 13.6. The summed E-state index contributed by atoms with van der Waals surface area (Å²) in [6, 6.07) is 5.07. The number of nitrogens with zero attached hydrogens (tertiary/aromatic N) is 1. The topological polar surface area (TPSA) is 58.6 Å². The molecule has 1 aromatic carbocycles. The average molecular weight is 388 g/mol. The number of rotatable bonds is 2. The average Bonchev–Trinajstić information content (AvgIpc) is 2.48. The standard InChI is InChI=1S/C14H17IN2O3/c1-9-4-3-5-10(12(9)15)14(19)17-6-7-20-8-11(17)13(18)16-2/h3-5,11H,6-8H2,1-2H3,(H,16,18). The van der Waals surface area contributed by atoms with Crippen LogP contribution in [0, 0.1) is 10.5 Å². The van der Waals surface area contributed by atoms with Gasteiger partial charge in [-0.1, -0.05) is 12.1 Å². The molecule has 1 atom stereocenters. The Morgan fingerprint density at radius 2 is 2.20 bits per heavy atom. The number of likely N-dealkylation sites (N-methyl/N-ethyl adjacent to an activating group) is 1. The number of aryl methyl sites for hydroxylation is 1. The van der Waals surface area contributed by atoms with Crippen LogP contribution in [0.25, 0.3) is 0 Å². The maximum absolute atomic E-state index is 12.7. The SMILES string of the molecule is CNC(=O)C1COCCN1C(=O)c1cccc(C)c1I. The highest BCUT2D eigenvalue weighted by Gasteiger charge is 2.33. The highest BCUT2D eigenvalue weighted by Crippen LogP contribution is 2.20. The van der Waals surface area contributed by atoms with Crippen LogP contribution in [-0.4, -0.2) is 49.6 Å². The Morgan fingerprint density at radius 3 is 2.90 bits per heavy atom. The van der Waals surface area contributed by atoms with Crippen LogP contribution in [0.1, 0.15) is 15.9 Å². The first kappa shape index (κ1) is 15.2. The van der Waals surface area contributed by atoms with Crippen molar-refractivity contribution >= 4 is 34.4 Å². The number of nitrogens with one attached hydrogen (secondary N) is 1. The first-order valence-corrected chi connectivity index (χ1v) is 7.49. The van der Waals surface area contributed by atoms with Crippen molar-refractivity contribution in [2.75, 3.05) is 26.8 Å². The molecule has 6 heteroatoms. The third-order valence-electron chi connectivity index (χ3n) is 3.36. The van der Waals surface area contributed by atoms with E-state index in [1.165, 1.54) is 0 Å². The van der Waals surface area contributed by atoms with Crippen molar-refractivity contribution in [2.45, 2.75) is 13.0 Å². The number of ether oxygens (including phenoxy) is 1. The molecule has 1 fully saturated rings. The van der Waals surface area contributed by atoms with Gasteiger partial charge in [0.15, 0.2) is 0 Å². The number of benzene rings is 1. The third kappa shape index (κ3) is 2.95. The second-order valence-electron chi connectivity index (χ2n) is 4.64. The van der Waals surface area contributed by atoms with Crippen molar-refractivity contribution in [2.24, 2.45) is 0 Å². The molecule has 20 heavy (non-hydrogen) atoms. The molecule has 108 valence electrons. The Hall–Kier alpha value is -1.15. The summed E-state index contributed by atoms with van der Waals surface area (Å²) in [6.07, 6.45) is 0. The van der Waals surface area contributed by atoms with E-state index in [0.29, 0.717) is 18.7 Å². The Balaban J connectivity index is 2.30. The quantitative estimate of drug-likeness (QED) is 0.775. The number of hydrogen-bond acceptors (Lipinski definition) is 3. The monoisotopic (exact) mass is 388 g/mol. The van der Waals surface area contributed by atoms with Gasteiger partial charge in [0.05, 0.1) is 18.8 Å². The molecule has 1 aliphatic rings. The summed E-state index contributed by atoms with van der Waals surface area (Å²) in [6.45, 7) is 3.10. The Morgan fingerprint density at radius 1 is 1.45 bits per heavy atom. The maximum atomic E-state index is 12.7. The van der Waals surface area contributed by atoms with E-state index in [2.05, 4.69) is 27.9 Å². The van der Waals surface area contributed by atoms with E-state index in [1.54, 1.807) is 18.0 Å². The first-order valence-electron chi connectivity index (χ1n) is 6.41. The van der Waals surface area contributed by atoms with Gasteiger partial charge in [-0.2, -0.15) is 0 Å². The van der Waals surface area contributed by atoms with Crippen LogP contribution in [0.5, 0.6) is 0 Å². The van der Waals surface area contributed by atoms with Gasteiger partial charge in [-0.25, -0.2) is 0 Å². The lowest BCUT2D eigenvalue weighted by molar-refractivity contribution is -0.130. The molecule has 2 amide bonds. The molecule has 0 spiro atoms. The lowest BCUT2D eigenvalue weighted by Gasteiger charge is -2.34. The Bertz CT molecular complexity index is 533. The molecule has 0 aliphatic carbocycles. The summed E-state index contributed by atoms with van der Waals surface area (Å²) < 4.78 is 6.25. The first-order chi connectivity index (χ1) is 9.56. The van der Waals surface area contributed by atoms with E-state index < -0.39 is 6.04 Å². The zero-order valence-electron chi connectivity index (χ0n) is 11.5. The van der Waals surface area contributed by atoms with Crippen LogP contribution in [-0.2, 0) is 9.53 Å². The number of halogens is 1. The van der Waals surface area contributed by atoms with Crippen LogP contribution < -0.4 is 5.32 Å². The van der Waals surface area contributed by atoms with Gasteiger partial charge in [-0.3, -0.25) is 9.59 Å².